The Hall–Kier alpha value is -6.85. The van der Waals surface area contributed by atoms with Crippen LogP contribution in [-0.4, -0.2) is 26.2 Å². The summed E-state index contributed by atoms with van der Waals surface area (Å²) in [7, 11) is 0. The SMILES string of the molecule is Cc1ccc(-c2c3nc(c(C=O)c4cc(-c5ccc(C)cc5C)c([nH]4)c(-c4ccc(C)cc4C)c4nc(c(-c5ccc(C)cc5C)c5ccc2[nH]5)C=C4)C=C3)c(C)c1. The van der Waals surface area contributed by atoms with E-state index in [0.29, 0.717) is 16.8 Å². The number of carbonyl (C=O) groups is 1. The molecule has 4 aromatic carbocycles. The molecule has 5 heterocycles. The molecule has 2 N–H and O–H groups in total. The van der Waals surface area contributed by atoms with Crippen molar-refractivity contribution in [3.05, 3.63) is 164 Å². The molecule has 7 aromatic rings. The fourth-order valence-corrected chi connectivity index (χ4v) is 8.89. The average molecular weight is 755 g/mol. The fourth-order valence-electron chi connectivity index (χ4n) is 8.89. The number of hydrogen-bond donors (Lipinski definition) is 2. The van der Waals surface area contributed by atoms with Crippen molar-refractivity contribution < 1.29 is 4.79 Å². The van der Waals surface area contributed by atoms with Crippen molar-refractivity contribution in [2.45, 2.75) is 55.4 Å². The fraction of sp³-hybridized carbons (Fsp3) is 0.151. The predicted octanol–water partition coefficient (Wildman–Crippen LogP) is 13.6. The summed E-state index contributed by atoms with van der Waals surface area (Å²) < 4.78 is 0. The second-order valence-electron chi connectivity index (χ2n) is 16.1. The number of nitrogens with zero attached hydrogens (tertiary/aromatic N) is 2. The molecule has 8 bridgehead atoms. The van der Waals surface area contributed by atoms with Crippen LogP contribution in [0.4, 0.5) is 0 Å². The highest BCUT2D eigenvalue weighted by atomic mass is 16.1. The second-order valence-corrected chi connectivity index (χ2v) is 16.1. The number of aryl methyl sites for hydroxylation is 8. The lowest BCUT2D eigenvalue weighted by molar-refractivity contribution is 0.112. The number of nitrogens with one attached hydrogen (secondary N) is 2. The Morgan fingerprint density at radius 3 is 1.24 bits per heavy atom. The summed E-state index contributed by atoms with van der Waals surface area (Å²) in [6.07, 6.45) is 9.22. The van der Waals surface area contributed by atoms with Gasteiger partial charge in [-0.2, -0.15) is 0 Å². The van der Waals surface area contributed by atoms with Crippen LogP contribution in [0.2, 0.25) is 0 Å². The summed E-state index contributed by atoms with van der Waals surface area (Å²) >= 11 is 0. The number of hydrogen-bond acceptors (Lipinski definition) is 3. The van der Waals surface area contributed by atoms with Crippen LogP contribution in [0.25, 0.3) is 90.9 Å². The van der Waals surface area contributed by atoms with Crippen LogP contribution < -0.4 is 0 Å². The van der Waals surface area contributed by atoms with E-state index < -0.39 is 0 Å². The van der Waals surface area contributed by atoms with Gasteiger partial charge in [0, 0.05) is 33.3 Å². The number of aldehydes is 1. The Morgan fingerprint density at radius 2 is 0.793 bits per heavy atom. The maximum atomic E-state index is 13.3. The monoisotopic (exact) mass is 754 g/mol. The van der Waals surface area contributed by atoms with E-state index in [1.807, 2.05) is 12.2 Å². The van der Waals surface area contributed by atoms with Gasteiger partial charge in [-0.15, -0.1) is 0 Å². The summed E-state index contributed by atoms with van der Waals surface area (Å²) in [4.78, 5) is 31.8. The molecular weight excluding hydrogens is 709 g/mol. The molecular formula is C53H46N4O. The van der Waals surface area contributed by atoms with Crippen molar-refractivity contribution in [1.29, 1.82) is 0 Å². The largest absolute Gasteiger partial charge is 0.354 e. The van der Waals surface area contributed by atoms with E-state index in [0.717, 1.165) is 101 Å². The van der Waals surface area contributed by atoms with Gasteiger partial charge in [-0.1, -0.05) is 95.1 Å². The molecule has 284 valence electrons. The van der Waals surface area contributed by atoms with Gasteiger partial charge in [0.2, 0.25) is 0 Å². The van der Waals surface area contributed by atoms with Crippen molar-refractivity contribution in [2.75, 3.05) is 0 Å². The van der Waals surface area contributed by atoms with Crippen LogP contribution in [0.5, 0.6) is 0 Å². The van der Waals surface area contributed by atoms with Crippen molar-refractivity contribution in [1.82, 2.24) is 19.9 Å². The van der Waals surface area contributed by atoms with Crippen molar-refractivity contribution in [2.24, 2.45) is 0 Å². The maximum absolute atomic E-state index is 13.3. The molecule has 0 saturated heterocycles. The Labute approximate surface area is 339 Å². The molecule has 5 nitrogen and oxygen atoms in total. The Balaban J connectivity index is 1.54. The summed E-state index contributed by atoms with van der Waals surface area (Å²) in [5.74, 6) is 0. The van der Waals surface area contributed by atoms with Crippen LogP contribution >= 0.6 is 0 Å². The minimum atomic E-state index is 0.490. The van der Waals surface area contributed by atoms with Crippen molar-refractivity contribution in [3.8, 4) is 44.5 Å². The van der Waals surface area contributed by atoms with E-state index in [-0.39, 0.29) is 0 Å². The van der Waals surface area contributed by atoms with Crippen molar-refractivity contribution in [3.63, 3.8) is 0 Å². The molecule has 0 amide bonds. The van der Waals surface area contributed by atoms with Crippen LogP contribution in [0.3, 0.4) is 0 Å². The second kappa shape index (κ2) is 14.3. The number of aromatic nitrogens is 4. The first kappa shape index (κ1) is 36.8. The predicted molar refractivity (Wildman–Crippen MR) is 244 cm³/mol. The number of rotatable bonds is 5. The summed E-state index contributed by atoms with van der Waals surface area (Å²) in [5.41, 5.74) is 24.8. The minimum Gasteiger partial charge on any atom is -0.354 e. The standard InChI is InChI=1S/C53H46N4O/c1-29-9-13-37(33(5)23-29)41-27-49-42(28-58)43-17-18-44(54-43)50(38-14-10-30(2)24-34(38)6)45-19-20-46(55-45)51(39-15-11-31(3)25-35(39)7)47-21-22-48(56-47)52(53(41)57-49)40-16-12-32(4)26-36(40)8/h9-28,55,57H,1-8H3. The van der Waals surface area contributed by atoms with Crippen LogP contribution in [0.1, 0.15) is 77.6 Å². The minimum absolute atomic E-state index is 0.490. The Bertz CT molecular complexity index is 3110. The molecule has 2 aliphatic rings. The molecule has 58 heavy (non-hydrogen) atoms. The number of H-pyrrole nitrogens is 2. The molecule has 5 heteroatoms. The number of benzene rings is 4. The Kier molecular flexibility index (Phi) is 9.04. The molecule has 2 aliphatic heterocycles. The summed E-state index contributed by atoms with van der Waals surface area (Å²) in [6.45, 7) is 17.1. The lowest BCUT2D eigenvalue weighted by Gasteiger charge is -2.12. The van der Waals surface area contributed by atoms with Crippen LogP contribution in [0.15, 0.2) is 91.0 Å². The summed E-state index contributed by atoms with van der Waals surface area (Å²) in [6, 6.07) is 32.7. The normalized spacial score (nSPS) is 12.1. The van der Waals surface area contributed by atoms with Crippen molar-refractivity contribution >= 4 is 52.7 Å². The van der Waals surface area contributed by atoms with Crippen LogP contribution in [0, 0.1) is 55.4 Å². The van der Waals surface area contributed by atoms with E-state index in [1.165, 1.54) is 27.8 Å². The lowest BCUT2D eigenvalue weighted by Crippen LogP contribution is -1.93. The van der Waals surface area contributed by atoms with E-state index >= 15 is 0 Å². The summed E-state index contributed by atoms with van der Waals surface area (Å²) in [5, 5.41) is 0. The van der Waals surface area contributed by atoms with Gasteiger partial charge < -0.3 is 9.97 Å². The van der Waals surface area contributed by atoms with Gasteiger partial charge >= 0.3 is 0 Å². The molecule has 0 spiro atoms. The maximum Gasteiger partial charge on any atom is 0.154 e. The zero-order valence-electron chi connectivity index (χ0n) is 34.3. The zero-order valence-corrected chi connectivity index (χ0v) is 34.3. The van der Waals surface area contributed by atoms with Gasteiger partial charge in [-0.3, -0.25) is 4.79 Å². The zero-order chi connectivity index (χ0) is 40.4. The first-order valence-corrected chi connectivity index (χ1v) is 19.9. The molecule has 0 aliphatic carbocycles. The van der Waals surface area contributed by atoms with Gasteiger partial charge in [0.15, 0.2) is 6.29 Å². The molecule has 0 unspecified atom stereocenters. The van der Waals surface area contributed by atoms with Gasteiger partial charge in [-0.05, 0) is 142 Å². The lowest BCUT2D eigenvalue weighted by atomic mass is 9.93. The highest BCUT2D eigenvalue weighted by molar-refractivity contribution is 6.05. The highest BCUT2D eigenvalue weighted by Crippen LogP contribution is 2.42. The van der Waals surface area contributed by atoms with Gasteiger partial charge in [0.25, 0.3) is 0 Å². The number of fused-ring (bicyclic) bond motifs is 8. The number of carbonyl (C=O) groups excluding carboxylic acids is 1. The van der Waals surface area contributed by atoms with E-state index in [9.17, 15) is 4.79 Å². The molecule has 0 saturated carbocycles. The third-order valence-corrected chi connectivity index (χ3v) is 11.7. The van der Waals surface area contributed by atoms with Crippen LogP contribution in [-0.2, 0) is 0 Å². The average Bonchev–Trinajstić information content (AvgIpc) is 4.01. The van der Waals surface area contributed by atoms with Gasteiger partial charge in [0.05, 0.1) is 39.4 Å². The van der Waals surface area contributed by atoms with E-state index in [2.05, 4.69) is 169 Å². The quantitative estimate of drug-likeness (QED) is 0.172. The molecule has 0 atom stereocenters. The third-order valence-electron chi connectivity index (χ3n) is 11.7. The molecule has 9 rings (SSSR count). The smallest absolute Gasteiger partial charge is 0.154 e. The van der Waals surface area contributed by atoms with E-state index in [4.69, 9.17) is 9.97 Å². The van der Waals surface area contributed by atoms with Gasteiger partial charge in [0.1, 0.15) is 0 Å². The first-order chi connectivity index (χ1) is 28.0. The molecule has 0 radical (unpaired) electrons. The van der Waals surface area contributed by atoms with E-state index in [1.54, 1.807) is 0 Å². The van der Waals surface area contributed by atoms with Gasteiger partial charge in [-0.25, -0.2) is 9.97 Å². The number of aromatic amines is 2. The first-order valence-electron chi connectivity index (χ1n) is 19.9. The third kappa shape index (κ3) is 6.33. The molecule has 3 aromatic heterocycles. The Morgan fingerprint density at radius 1 is 0.397 bits per heavy atom. The molecule has 0 fully saturated rings. The topological polar surface area (TPSA) is 74.4 Å². The highest BCUT2D eigenvalue weighted by Gasteiger charge is 2.22.